The molecule has 0 aliphatic heterocycles. The summed E-state index contributed by atoms with van der Waals surface area (Å²) in [6, 6.07) is 0.301. The van der Waals surface area contributed by atoms with Crippen molar-refractivity contribution in [1.29, 1.82) is 0 Å². The smallest absolute Gasteiger partial charge is 0.407 e. The van der Waals surface area contributed by atoms with Gasteiger partial charge in [-0.15, -0.1) is 0 Å². The van der Waals surface area contributed by atoms with Gasteiger partial charge in [-0.05, 0) is 57.4 Å². The van der Waals surface area contributed by atoms with Gasteiger partial charge in [0.15, 0.2) is 0 Å². The van der Waals surface area contributed by atoms with Gasteiger partial charge in [-0.1, -0.05) is 32.3 Å². The molecule has 2 aliphatic rings. The summed E-state index contributed by atoms with van der Waals surface area (Å²) in [4.78, 5) is 14.3. The molecular weight excluding hydrogens is 320 g/mol. The van der Waals surface area contributed by atoms with Gasteiger partial charge in [0.1, 0.15) is 5.60 Å². The van der Waals surface area contributed by atoms with Crippen molar-refractivity contribution in [1.82, 2.24) is 5.32 Å². The van der Waals surface area contributed by atoms with Crippen LogP contribution in [-0.4, -0.2) is 35.0 Å². The van der Waals surface area contributed by atoms with Crippen molar-refractivity contribution < 1.29 is 14.6 Å². The van der Waals surface area contributed by atoms with Gasteiger partial charge in [-0.3, -0.25) is 0 Å². The Balaban J connectivity index is 0.000000271. The van der Waals surface area contributed by atoms with E-state index in [0.717, 1.165) is 25.2 Å². The Bertz CT molecular complexity index is 485. The first-order valence-corrected chi connectivity index (χ1v) is 9.27. The number of carbonyl (C=O) groups excluding carboxylic acids is 1. The molecule has 0 saturated heterocycles. The molecule has 25 heavy (non-hydrogen) atoms. The first kappa shape index (κ1) is 21.6. The highest BCUT2D eigenvalue weighted by Crippen LogP contribution is 2.33. The predicted molar refractivity (Wildman–Crippen MR) is 98.1 cm³/mol. The van der Waals surface area contributed by atoms with E-state index in [1.807, 2.05) is 27.7 Å². The maximum absolute atomic E-state index is 11.5. The highest BCUT2D eigenvalue weighted by molar-refractivity contribution is 5.68. The van der Waals surface area contributed by atoms with Crippen LogP contribution in [0.3, 0.4) is 0 Å². The van der Waals surface area contributed by atoms with E-state index in [-0.39, 0.29) is 24.1 Å². The van der Waals surface area contributed by atoms with Crippen molar-refractivity contribution in [3.8, 4) is 0 Å². The molecule has 2 N–H and O–H groups in total. The van der Waals surface area contributed by atoms with Crippen molar-refractivity contribution in [2.24, 2.45) is 22.9 Å². The van der Waals surface area contributed by atoms with Gasteiger partial charge in [0.05, 0.1) is 6.10 Å². The summed E-state index contributed by atoms with van der Waals surface area (Å²) in [6.45, 7) is 11.8. The van der Waals surface area contributed by atoms with Gasteiger partial charge >= 0.3 is 6.09 Å². The van der Waals surface area contributed by atoms with Gasteiger partial charge in [0.2, 0.25) is 0 Å². The third kappa shape index (κ3) is 7.12. The number of carbonyl (C=O) groups is 1. The van der Waals surface area contributed by atoms with Crippen LogP contribution >= 0.6 is 0 Å². The number of hydrogen-bond donors (Lipinski definition) is 2. The molecule has 0 aromatic heterocycles. The molecule has 0 radical (unpaired) electrons. The second-order valence-corrected chi connectivity index (χ2v) is 8.44. The lowest BCUT2D eigenvalue weighted by Crippen LogP contribution is -2.41. The largest absolute Gasteiger partial charge is 0.444 e. The van der Waals surface area contributed by atoms with E-state index in [9.17, 15) is 9.90 Å². The van der Waals surface area contributed by atoms with E-state index in [4.69, 9.17) is 10.3 Å². The van der Waals surface area contributed by atoms with Crippen LogP contribution in [-0.2, 0) is 4.74 Å². The van der Waals surface area contributed by atoms with Crippen LogP contribution in [0.2, 0.25) is 0 Å². The fourth-order valence-corrected chi connectivity index (χ4v) is 3.37. The first-order valence-electron chi connectivity index (χ1n) is 9.27. The zero-order valence-corrected chi connectivity index (χ0v) is 16.4. The van der Waals surface area contributed by atoms with E-state index in [2.05, 4.69) is 29.2 Å². The number of alkyl carbamates (subject to hydrolysis) is 1. The monoisotopic (exact) mass is 354 g/mol. The lowest BCUT2D eigenvalue weighted by atomic mass is 9.98. The summed E-state index contributed by atoms with van der Waals surface area (Å²) in [7, 11) is 0. The predicted octanol–water partition coefficient (Wildman–Crippen LogP) is 4.40. The number of hydrogen-bond acceptors (Lipinski definition) is 4. The summed E-state index contributed by atoms with van der Waals surface area (Å²) >= 11 is 0. The average molecular weight is 354 g/mol. The van der Waals surface area contributed by atoms with E-state index in [0.29, 0.717) is 5.92 Å². The number of nitrogens with one attached hydrogen (secondary N) is 1. The number of rotatable bonds is 2. The van der Waals surface area contributed by atoms with Crippen LogP contribution in [0.25, 0.3) is 10.4 Å². The molecule has 0 spiro atoms. The Hall–Kier alpha value is -1.46. The molecular formula is C18H34N4O3. The SMILES string of the molecule is C[C@@H]1[C@@H](C)CC[C@H]1N=[N+]=[N-].C[C@@H]1[C@@H](O)CC[C@H]1NC(=O)OC(C)(C)C. The number of aliphatic hydroxyl groups excluding tert-OH is 1. The molecule has 2 fully saturated rings. The number of azide groups is 1. The van der Waals surface area contributed by atoms with Gasteiger partial charge in [-0.25, -0.2) is 4.79 Å². The van der Waals surface area contributed by atoms with E-state index >= 15 is 0 Å². The average Bonchev–Trinajstić information content (AvgIpc) is 2.97. The summed E-state index contributed by atoms with van der Waals surface area (Å²) in [5, 5.41) is 16.1. The molecule has 144 valence electrons. The van der Waals surface area contributed by atoms with Crippen molar-refractivity contribution in [3.05, 3.63) is 10.4 Å². The fourth-order valence-electron chi connectivity index (χ4n) is 3.37. The molecule has 7 heteroatoms. The van der Waals surface area contributed by atoms with Crippen LogP contribution in [0, 0.1) is 17.8 Å². The second kappa shape index (κ2) is 9.30. The number of amides is 1. The fraction of sp³-hybridized carbons (Fsp3) is 0.944. The summed E-state index contributed by atoms with van der Waals surface area (Å²) in [5.41, 5.74) is 7.72. The molecule has 2 aliphatic carbocycles. The second-order valence-electron chi connectivity index (χ2n) is 8.44. The Morgan fingerprint density at radius 3 is 2.20 bits per heavy atom. The Kier molecular flexibility index (Phi) is 8.03. The maximum Gasteiger partial charge on any atom is 0.407 e. The van der Waals surface area contributed by atoms with E-state index < -0.39 is 11.7 Å². The zero-order chi connectivity index (χ0) is 19.2. The molecule has 0 aromatic rings. The zero-order valence-electron chi connectivity index (χ0n) is 16.4. The number of ether oxygens (including phenoxy) is 1. The molecule has 2 saturated carbocycles. The van der Waals surface area contributed by atoms with Crippen LogP contribution in [0.4, 0.5) is 4.79 Å². The van der Waals surface area contributed by atoms with E-state index in [1.165, 1.54) is 6.42 Å². The molecule has 0 heterocycles. The summed E-state index contributed by atoms with van der Waals surface area (Å²) in [6.07, 6.45) is 3.17. The minimum atomic E-state index is -0.468. The minimum Gasteiger partial charge on any atom is -0.444 e. The van der Waals surface area contributed by atoms with Crippen molar-refractivity contribution in [2.45, 2.75) is 91.0 Å². The topological polar surface area (TPSA) is 107 Å². The standard InChI is InChI=1S/C11H21NO3.C7H13N3/c1-7-8(5-6-9(7)13)12-10(14)15-11(2,3)4;1-5-3-4-7(6(5)2)9-10-8/h7-9,13H,5-6H2,1-4H3,(H,12,14);5-7H,3-4H2,1-2H3/t7-,8+,9-;5-,6+,7+/m00/s1. The molecule has 7 nitrogen and oxygen atoms in total. The molecule has 0 unspecified atom stereocenters. The third-order valence-corrected chi connectivity index (χ3v) is 5.34. The highest BCUT2D eigenvalue weighted by Gasteiger charge is 2.33. The summed E-state index contributed by atoms with van der Waals surface area (Å²) < 4.78 is 5.15. The van der Waals surface area contributed by atoms with Gasteiger partial charge in [0.25, 0.3) is 0 Å². The maximum atomic E-state index is 11.5. The van der Waals surface area contributed by atoms with Crippen LogP contribution < -0.4 is 5.32 Å². The van der Waals surface area contributed by atoms with Crippen molar-refractivity contribution >= 4 is 6.09 Å². The van der Waals surface area contributed by atoms with Crippen molar-refractivity contribution in [2.75, 3.05) is 0 Å². The summed E-state index contributed by atoms with van der Waals surface area (Å²) in [5.74, 6) is 1.42. The third-order valence-electron chi connectivity index (χ3n) is 5.34. The molecule has 1 amide bonds. The quantitative estimate of drug-likeness (QED) is 0.436. The Morgan fingerprint density at radius 2 is 1.80 bits per heavy atom. The number of aliphatic hydroxyl groups is 1. The highest BCUT2D eigenvalue weighted by atomic mass is 16.6. The van der Waals surface area contributed by atoms with Gasteiger partial charge in [0, 0.05) is 22.9 Å². The van der Waals surface area contributed by atoms with Crippen LogP contribution in [0.5, 0.6) is 0 Å². The van der Waals surface area contributed by atoms with Gasteiger partial charge in [-0.2, -0.15) is 0 Å². The van der Waals surface area contributed by atoms with Crippen LogP contribution in [0.15, 0.2) is 5.11 Å². The number of nitrogens with zero attached hydrogens (tertiary/aromatic N) is 3. The minimum absolute atomic E-state index is 0.0369. The molecule has 2 rings (SSSR count). The molecule has 0 aromatic carbocycles. The first-order chi connectivity index (χ1) is 11.5. The van der Waals surface area contributed by atoms with Crippen LogP contribution in [0.1, 0.15) is 67.2 Å². The molecule has 0 bridgehead atoms. The Labute approximate surface area is 151 Å². The van der Waals surface area contributed by atoms with E-state index in [1.54, 1.807) is 0 Å². The normalized spacial score (nSPS) is 34.5. The lowest BCUT2D eigenvalue weighted by Gasteiger charge is -2.23. The lowest BCUT2D eigenvalue weighted by molar-refractivity contribution is 0.0480. The molecule has 6 atom stereocenters. The van der Waals surface area contributed by atoms with Gasteiger partial charge < -0.3 is 15.2 Å². The Morgan fingerprint density at radius 1 is 1.16 bits per heavy atom. The van der Waals surface area contributed by atoms with Crippen molar-refractivity contribution in [3.63, 3.8) is 0 Å².